The fraction of sp³-hybridized carbons (Fsp3) is 0.273. The smallest absolute Gasteiger partial charge is 0.182 e. The number of pyridine rings is 2. The zero-order valence-corrected chi connectivity index (χ0v) is 16.1. The molecule has 0 atom stereocenters. The Bertz CT molecular complexity index is 1200. The van der Waals surface area contributed by atoms with E-state index in [2.05, 4.69) is 25.5 Å². The summed E-state index contributed by atoms with van der Waals surface area (Å²) in [6, 6.07) is 11.6. The van der Waals surface area contributed by atoms with Crippen LogP contribution in [0, 0.1) is 5.92 Å². The molecular formula is C22H21N5O2. The van der Waals surface area contributed by atoms with Gasteiger partial charge in [-0.15, -0.1) is 0 Å². The number of aromatic amines is 1. The molecule has 3 heterocycles. The molecule has 3 aromatic heterocycles. The lowest BCUT2D eigenvalue weighted by Gasteiger charge is -2.33. The van der Waals surface area contributed by atoms with Crippen LogP contribution < -0.4 is 5.32 Å². The lowest BCUT2D eigenvalue weighted by Crippen LogP contribution is -2.31. The van der Waals surface area contributed by atoms with E-state index in [1.54, 1.807) is 19.5 Å². The van der Waals surface area contributed by atoms with Gasteiger partial charge in [0.15, 0.2) is 11.6 Å². The Balaban J connectivity index is 1.39. The van der Waals surface area contributed by atoms with Gasteiger partial charge in [0.25, 0.3) is 0 Å². The molecule has 5 rings (SSSR count). The highest BCUT2D eigenvalue weighted by atomic mass is 16.5. The minimum atomic E-state index is 0.0957. The third-order valence-corrected chi connectivity index (χ3v) is 5.61. The molecule has 0 aliphatic heterocycles. The maximum Gasteiger partial charge on any atom is 0.182 e. The second-order valence-corrected chi connectivity index (χ2v) is 7.51. The number of methoxy groups -OCH3 is 1. The summed E-state index contributed by atoms with van der Waals surface area (Å²) in [5.41, 5.74) is 3.08. The van der Waals surface area contributed by atoms with Crippen LogP contribution in [0.25, 0.3) is 21.8 Å². The highest BCUT2D eigenvalue weighted by Crippen LogP contribution is 2.34. The number of benzene rings is 1. The summed E-state index contributed by atoms with van der Waals surface area (Å²) >= 11 is 0. The zero-order chi connectivity index (χ0) is 19.8. The van der Waals surface area contributed by atoms with E-state index in [0.29, 0.717) is 30.0 Å². The van der Waals surface area contributed by atoms with Crippen LogP contribution in [0.2, 0.25) is 0 Å². The van der Waals surface area contributed by atoms with Crippen molar-refractivity contribution < 1.29 is 9.53 Å². The van der Waals surface area contributed by atoms with Gasteiger partial charge in [0.05, 0.1) is 11.6 Å². The SMILES string of the molecule is COC1CC(CC(=O)c2nccc3cc(Nc4n[nH]c5cccnc45)ccc23)C1. The summed E-state index contributed by atoms with van der Waals surface area (Å²) < 4.78 is 5.31. The van der Waals surface area contributed by atoms with Crippen molar-refractivity contribution in [1.82, 2.24) is 20.2 Å². The summed E-state index contributed by atoms with van der Waals surface area (Å²) in [4.78, 5) is 21.5. The predicted octanol–water partition coefficient (Wildman–Crippen LogP) is 4.25. The van der Waals surface area contributed by atoms with Gasteiger partial charge in [0.2, 0.25) is 0 Å². The molecule has 0 spiro atoms. The Morgan fingerprint density at radius 3 is 2.97 bits per heavy atom. The van der Waals surface area contributed by atoms with E-state index in [4.69, 9.17) is 4.74 Å². The number of nitrogens with zero attached hydrogens (tertiary/aromatic N) is 3. The van der Waals surface area contributed by atoms with Crippen molar-refractivity contribution in [1.29, 1.82) is 0 Å². The molecule has 1 aromatic carbocycles. The number of anilines is 2. The van der Waals surface area contributed by atoms with Crippen LogP contribution in [-0.2, 0) is 4.74 Å². The molecule has 1 aliphatic rings. The number of ether oxygens (including phenoxy) is 1. The summed E-state index contributed by atoms with van der Waals surface area (Å²) in [6.07, 6.45) is 6.17. The van der Waals surface area contributed by atoms with Crippen molar-refractivity contribution in [2.24, 2.45) is 5.92 Å². The minimum absolute atomic E-state index is 0.0957. The Morgan fingerprint density at radius 2 is 2.10 bits per heavy atom. The van der Waals surface area contributed by atoms with Gasteiger partial charge in [-0.3, -0.25) is 19.9 Å². The largest absolute Gasteiger partial charge is 0.381 e. The second-order valence-electron chi connectivity index (χ2n) is 7.51. The Kier molecular flexibility index (Phi) is 4.44. The molecule has 0 radical (unpaired) electrons. The lowest BCUT2D eigenvalue weighted by atomic mass is 9.78. The topological polar surface area (TPSA) is 92.8 Å². The average Bonchev–Trinajstić information content (AvgIpc) is 3.12. The van der Waals surface area contributed by atoms with Crippen molar-refractivity contribution in [3.05, 3.63) is 54.5 Å². The second kappa shape index (κ2) is 7.25. The van der Waals surface area contributed by atoms with Crippen molar-refractivity contribution in [2.75, 3.05) is 12.4 Å². The number of carbonyl (C=O) groups is 1. The third kappa shape index (κ3) is 3.34. The first kappa shape index (κ1) is 17.8. The number of hydrogen-bond donors (Lipinski definition) is 2. The number of rotatable bonds is 6. The molecule has 0 bridgehead atoms. The fourth-order valence-electron chi connectivity index (χ4n) is 3.95. The number of hydrogen-bond acceptors (Lipinski definition) is 6. The van der Waals surface area contributed by atoms with Crippen LogP contribution in [-0.4, -0.2) is 39.2 Å². The van der Waals surface area contributed by atoms with Crippen LogP contribution in [0.15, 0.2) is 48.8 Å². The Morgan fingerprint density at radius 1 is 1.21 bits per heavy atom. The number of fused-ring (bicyclic) bond motifs is 2. The summed E-state index contributed by atoms with van der Waals surface area (Å²) in [5, 5.41) is 12.4. The van der Waals surface area contributed by atoms with Crippen molar-refractivity contribution >= 4 is 39.1 Å². The van der Waals surface area contributed by atoms with Gasteiger partial charge in [-0.25, -0.2) is 0 Å². The quantitative estimate of drug-likeness (QED) is 0.481. The Labute approximate surface area is 167 Å². The fourth-order valence-corrected chi connectivity index (χ4v) is 3.95. The molecular weight excluding hydrogens is 366 g/mol. The average molecular weight is 387 g/mol. The molecule has 7 nitrogen and oxygen atoms in total. The van der Waals surface area contributed by atoms with E-state index in [0.717, 1.165) is 40.3 Å². The number of aromatic nitrogens is 4. The van der Waals surface area contributed by atoms with Crippen molar-refractivity contribution in [3.63, 3.8) is 0 Å². The Hall–Kier alpha value is -3.32. The molecule has 1 saturated carbocycles. The van der Waals surface area contributed by atoms with E-state index in [1.165, 1.54) is 0 Å². The van der Waals surface area contributed by atoms with Crippen molar-refractivity contribution in [2.45, 2.75) is 25.4 Å². The van der Waals surface area contributed by atoms with E-state index in [9.17, 15) is 4.79 Å². The van der Waals surface area contributed by atoms with Gasteiger partial charge in [0.1, 0.15) is 11.2 Å². The zero-order valence-electron chi connectivity index (χ0n) is 16.1. The van der Waals surface area contributed by atoms with Gasteiger partial charge >= 0.3 is 0 Å². The summed E-state index contributed by atoms with van der Waals surface area (Å²) in [5.74, 6) is 1.16. The van der Waals surface area contributed by atoms with E-state index in [1.807, 2.05) is 36.4 Å². The predicted molar refractivity (Wildman–Crippen MR) is 111 cm³/mol. The van der Waals surface area contributed by atoms with Gasteiger partial charge in [0, 0.05) is 37.0 Å². The molecule has 2 N–H and O–H groups in total. The van der Waals surface area contributed by atoms with Crippen molar-refractivity contribution in [3.8, 4) is 0 Å². The first-order chi connectivity index (χ1) is 14.2. The van der Waals surface area contributed by atoms with E-state index in [-0.39, 0.29) is 5.78 Å². The maximum absolute atomic E-state index is 12.8. The van der Waals surface area contributed by atoms with Crippen LogP contribution in [0.4, 0.5) is 11.5 Å². The van der Waals surface area contributed by atoms with E-state index < -0.39 is 0 Å². The minimum Gasteiger partial charge on any atom is -0.381 e. The highest BCUT2D eigenvalue weighted by molar-refractivity contribution is 6.07. The molecule has 0 unspecified atom stereocenters. The molecule has 7 heteroatoms. The molecule has 1 aliphatic carbocycles. The normalized spacial score (nSPS) is 18.7. The number of carbonyl (C=O) groups excluding carboxylic acids is 1. The molecule has 4 aromatic rings. The summed E-state index contributed by atoms with van der Waals surface area (Å²) in [6.45, 7) is 0. The first-order valence-electron chi connectivity index (χ1n) is 9.72. The van der Waals surface area contributed by atoms with Gasteiger partial charge < -0.3 is 10.1 Å². The third-order valence-electron chi connectivity index (χ3n) is 5.61. The van der Waals surface area contributed by atoms with Gasteiger partial charge in [-0.05, 0) is 54.5 Å². The number of H-pyrrole nitrogens is 1. The monoisotopic (exact) mass is 387 g/mol. The standard InChI is InChI=1S/C22H21N5O2/c1-29-16-9-13(10-16)11-19(28)20-17-5-4-15(12-14(17)6-8-24-20)25-22-21-18(26-27-22)3-2-7-23-21/h2-8,12-13,16H,9-11H2,1H3,(H2,25,26,27). The summed E-state index contributed by atoms with van der Waals surface area (Å²) in [7, 11) is 1.72. The first-order valence-corrected chi connectivity index (χ1v) is 9.72. The molecule has 0 amide bonds. The molecule has 0 saturated heterocycles. The molecule has 29 heavy (non-hydrogen) atoms. The van der Waals surface area contributed by atoms with Crippen LogP contribution in [0.5, 0.6) is 0 Å². The van der Waals surface area contributed by atoms with E-state index >= 15 is 0 Å². The highest BCUT2D eigenvalue weighted by Gasteiger charge is 2.31. The van der Waals surface area contributed by atoms with Crippen LogP contribution >= 0.6 is 0 Å². The van der Waals surface area contributed by atoms with Gasteiger partial charge in [-0.2, -0.15) is 5.10 Å². The molecule has 146 valence electrons. The van der Waals surface area contributed by atoms with Crippen LogP contribution in [0.1, 0.15) is 29.8 Å². The number of Topliss-reactive ketones (excluding diaryl/α,β-unsaturated/α-hetero) is 1. The molecule has 1 fully saturated rings. The number of nitrogens with one attached hydrogen (secondary N) is 2. The van der Waals surface area contributed by atoms with Gasteiger partial charge in [-0.1, -0.05) is 6.07 Å². The number of ketones is 1. The maximum atomic E-state index is 12.8. The van der Waals surface area contributed by atoms with Crippen LogP contribution in [0.3, 0.4) is 0 Å². The lowest BCUT2D eigenvalue weighted by molar-refractivity contribution is -0.0000489.